The van der Waals surface area contributed by atoms with Gasteiger partial charge in [0.25, 0.3) is 8.32 Å². The molecule has 0 aliphatic carbocycles. The van der Waals surface area contributed by atoms with Crippen LogP contribution in [0.25, 0.3) is 0 Å². The van der Waals surface area contributed by atoms with Crippen molar-refractivity contribution < 1.29 is 4.43 Å². The van der Waals surface area contributed by atoms with Crippen molar-refractivity contribution in [1.29, 1.82) is 0 Å². The molecule has 1 N–H and O–H groups in total. The number of piperidine rings is 1. The second kappa shape index (κ2) is 9.35. The van der Waals surface area contributed by atoms with Crippen LogP contribution in [0, 0.1) is 11.8 Å². The fourth-order valence-electron chi connectivity index (χ4n) is 5.41. The van der Waals surface area contributed by atoms with Gasteiger partial charge < -0.3 is 14.6 Å². The molecule has 0 amide bonds. The molecular weight excluding hydrogens is 384 g/mol. The summed E-state index contributed by atoms with van der Waals surface area (Å²) in [5.74, 6) is 1.76. The lowest BCUT2D eigenvalue weighted by Crippen LogP contribution is -2.67. The van der Waals surface area contributed by atoms with Crippen LogP contribution >= 0.6 is 0 Å². The third kappa shape index (κ3) is 4.42. The first kappa shape index (κ1) is 21.8. The Kier molecular flexibility index (Phi) is 6.78. The van der Waals surface area contributed by atoms with Gasteiger partial charge in [-0.1, -0.05) is 81.4 Å². The Labute approximate surface area is 184 Å². The van der Waals surface area contributed by atoms with Gasteiger partial charge in [-0.15, -0.1) is 0 Å². The molecule has 2 saturated heterocycles. The Hall–Kier alpha value is -1.46. The summed E-state index contributed by atoms with van der Waals surface area (Å²) in [6.45, 7) is 13.8. The predicted molar refractivity (Wildman–Crippen MR) is 129 cm³/mol. The van der Waals surface area contributed by atoms with E-state index in [1.54, 1.807) is 0 Å². The van der Waals surface area contributed by atoms with Crippen molar-refractivity contribution in [2.24, 2.45) is 11.8 Å². The first-order valence-electron chi connectivity index (χ1n) is 11.7. The molecule has 2 fully saturated rings. The van der Waals surface area contributed by atoms with Crippen molar-refractivity contribution in [1.82, 2.24) is 10.2 Å². The molecule has 2 aromatic rings. The molecule has 30 heavy (non-hydrogen) atoms. The summed E-state index contributed by atoms with van der Waals surface area (Å²) in [4.78, 5) is 2.66. The summed E-state index contributed by atoms with van der Waals surface area (Å²) in [5.41, 5.74) is 0. The van der Waals surface area contributed by atoms with Crippen LogP contribution in [0.1, 0.15) is 33.6 Å². The summed E-state index contributed by atoms with van der Waals surface area (Å²) < 4.78 is 7.09. The van der Waals surface area contributed by atoms with E-state index in [2.05, 4.69) is 91.7 Å². The maximum absolute atomic E-state index is 7.09. The Bertz CT molecular complexity index is 746. The number of nitrogens with zero attached hydrogens (tertiary/aromatic N) is 1. The summed E-state index contributed by atoms with van der Waals surface area (Å²) in [6.07, 6.45) is 2.73. The zero-order chi connectivity index (χ0) is 21.0. The number of rotatable bonds is 7. The van der Waals surface area contributed by atoms with E-state index in [0.29, 0.717) is 0 Å². The lowest BCUT2D eigenvalue weighted by atomic mass is 9.82. The zero-order valence-corrected chi connectivity index (χ0v) is 19.9. The Morgan fingerprint density at radius 2 is 1.53 bits per heavy atom. The minimum absolute atomic E-state index is 0.0533. The third-order valence-corrected chi connectivity index (χ3v) is 12.2. The van der Waals surface area contributed by atoms with Gasteiger partial charge in [-0.3, -0.25) is 0 Å². The molecule has 2 aliphatic heterocycles. The average molecular weight is 423 g/mol. The Balaban J connectivity index is 1.53. The number of hydrogen-bond acceptors (Lipinski definition) is 3. The Morgan fingerprint density at radius 3 is 2.03 bits per heavy atom. The second-order valence-corrected chi connectivity index (χ2v) is 14.4. The first-order chi connectivity index (χ1) is 14.5. The van der Waals surface area contributed by atoms with E-state index in [9.17, 15) is 0 Å². The highest BCUT2D eigenvalue weighted by atomic mass is 28.4. The van der Waals surface area contributed by atoms with Crippen LogP contribution < -0.4 is 15.7 Å². The van der Waals surface area contributed by atoms with Gasteiger partial charge in [-0.25, -0.2) is 0 Å². The third-order valence-electron chi connectivity index (χ3n) is 7.16. The quantitative estimate of drug-likeness (QED) is 0.691. The van der Waals surface area contributed by atoms with E-state index in [1.165, 1.54) is 49.4 Å². The molecule has 0 spiro atoms. The highest BCUT2D eigenvalue weighted by molar-refractivity contribution is 6.99. The molecule has 1 atom stereocenters. The molecule has 162 valence electrons. The summed E-state index contributed by atoms with van der Waals surface area (Å²) in [5, 5.41) is 6.26. The molecular formula is C26H38N2OSi. The molecule has 4 heteroatoms. The highest BCUT2D eigenvalue weighted by Crippen LogP contribution is 2.36. The molecule has 0 unspecified atom stereocenters. The average Bonchev–Trinajstić information content (AvgIpc) is 2.71. The Morgan fingerprint density at radius 1 is 0.933 bits per heavy atom. The van der Waals surface area contributed by atoms with Crippen molar-refractivity contribution in [3.05, 3.63) is 60.7 Å². The highest BCUT2D eigenvalue weighted by Gasteiger charge is 2.50. The van der Waals surface area contributed by atoms with Gasteiger partial charge in [0.2, 0.25) is 0 Å². The topological polar surface area (TPSA) is 24.5 Å². The predicted octanol–water partition coefficient (Wildman–Crippen LogP) is 3.49. The van der Waals surface area contributed by atoms with Crippen LogP contribution in [-0.2, 0) is 4.43 Å². The van der Waals surface area contributed by atoms with Crippen molar-refractivity contribution in [3.8, 4) is 0 Å². The van der Waals surface area contributed by atoms with Gasteiger partial charge in [-0.2, -0.15) is 0 Å². The minimum atomic E-state index is -2.41. The van der Waals surface area contributed by atoms with E-state index in [1.807, 2.05) is 0 Å². The molecule has 0 aromatic heterocycles. The van der Waals surface area contributed by atoms with Crippen molar-refractivity contribution >= 4 is 18.7 Å². The molecule has 3 nitrogen and oxygen atoms in total. The molecule has 0 saturated carbocycles. The fraction of sp³-hybridized carbons (Fsp3) is 0.538. The SMILES string of the molecule is CC(C)(C)[Si](OCCN1CCC[C@H](C2CNC2)C1)(c1ccccc1)c1ccccc1. The van der Waals surface area contributed by atoms with E-state index in [-0.39, 0.29) is 5.04 Å². The molecule has 2 heterocycles. The zero-order valence-electron chi connectivity index (χ0n) is 18.9. The van der Waals surface area contributed by atoms with Crippen LogP contribution in [0.4, 0.5) is 0 Å². The van der Waals surface area contributed by atoms with E-state index in [4.69, 9.17) is 4.43 Å². The summed E-state index contributed by atoms with van der Waals surface area (Å²) in [7, 11) is -2.41. The number of nitrogens with one attached hydrogen (secondary N) is 1. The number of hydrogen-bond donors (Lipinski definition) is 1. The van der Waals surface area contributed by atoms with Crippen LogP contribution in [0.3, 0.4) is 0 Å². The number of benzene rings is 2. The molecule has 0 radical (unpaired) electrons. The van der Waals surface area contributed by atoms with Gasteiger partial charge >= 0.3 is 0 Å². The minimum Gasteiger partial charge on any atom is -0.406 e. The normalized spacial score (nSPS) is 21.4. The summed E-state index contributed by atoms with van der Waals surface area (Å²) >= 11 is 0. The largest absolute Gasteiger partial charge is 0.406 e. The monoisotopic (exact) mass is 422 g/mol. The van der Waals surface area contributed by atoms with Crippen molar-refractivity contribution in [2.45, 2.75) is 38.7 Å². The van der Waals surface area contributed by atoms with E-state index in [0.717, 1.165) is 25.0 Å². The van der Waals surface area contributed by atoms with Crippen molar-refractivity contribution in [3.63, 3.8) is 0 Å². The van der Waals surface area contributed by atoms with E-state index >= 15 is 0 Å². The van der Waals surface area contributed by atoms with Crippen molar-refractivity contribution in [2.75, 3.05) is 39.3 Å². The second-order valence-electron chi connectivity index (χ2n) is 10.1. The van der Waals surface area contributed by atoms with Gasteiger partial charge in [0.05, 0.1) is 0 Å². The number of likely N-dealkylation sites (tertiary alicyclic amines) is 1. The van der Waals surface area contributed by atoms with Crippen LogP contribution in [-0.4, -0.2) is 52.5 Å². The molecule has 4 rings (SSSR count). The van der Waals surface area contributed by atoms with Crippen LogP contribution in [0.15, 0.2) is 60.7 Å². The van der Waals surface area contributed by atoms with E-state index < -0.39 is 8.32 Å². The maximum atomic E-state index is 7.09. The standard InChI is InChI=1S/C26H38N2OSi/c1-26(2,3)30(24-12-6-4-7-13-24,25-14-8-5-9-15-25)29-18-17-28-16-10-11-22(21-28)23-19-27-20-23/h4-9,12-15,22-23,27H,10-11,16-21H2,1-3H3/t22-/m0/s1. The molecule has 0 bridgehead atoms. The smallest absolute Gasteiger partial charge is 0.261 e. The lowest BCUT2D eigenvalue weighted by molar-refractivity contribution is 0.0948. The van der Waals surface area contributed by atoms with Gasteiger partial charge in [-0.05, 0) is 59.7 Å². The van der Waals surface area contributed by atoms with Gasteiger partial charge in [0.15, 0.2) is 0 Å². The first-order valence-corrected chi connectivity index (χ1v) is 13.6. The lowest BCUT2D eigenvalue weighted by Gasteiger charge is -2.44. The van der Waals surface area contributed by atoms with Crippen LogP contribution in [0.2, 0.25) is 5.04 Å². The summed E-state index contributed by atoms with van der Waals surface area (Å²) in [6, 6.07) is 22.0. The van der Waals surface area contributed by atoms with Crippen LogP contribution in [0.5, 0.6) is 0 Å². The maximum Gasteiger partial charge on any atom is 0.261 e. The molecule has 2 aliphatic rings. The fourth-order valence-corrected chi connectivity index (χ4v) is 9.97. The molecule has 2 aromatic carbocycles. The van der Waals surface area contributed by atoms with Gasteiger partial charge in [0, 0.05) is 19.7 Å². The van der Waals surface area contributed by atoms with Gasteiger partial charge in [0.1, 0.15) is 0 Å².